The molecule has 0 aromatic carbocycles. The molecular weight excluding hydrogens is 317 g/mol. The largest absolute Gasteiger partial charge is 0.480 e. The summed E-state index contributed by atoms with van der Waals surface area (Å²) < 4.78 is 0. The third kappa shape index (κ3) is 5.87. The van der Waals surface area contributed by atoms with Gasteiger partial charge >= 0.3 is 5.97 Å². The number of anilines is 1. The summed E-state index contributed by atoms with van der Waals surface area (Å²) in [5.74, 6) is -1.21. The van der Waals surface area contributed by atoms with E-state index in [-0.39, 0.29) is 23.9 Å². The van der Waals surface area contributed by atoms with Crippen LogP contribution in [-0.2, 0) is 9.59 Å². The number of nitrogens with zero attached hydrogens (tertiary/aromatic N) is 2. The Morgan fingerprint density at radius 1 is 1.33 bits per heavy atom. The van der Waals surface area contributed by atoms with Gasteiger partial charge in [0.05, 0.1) is 23.1 Å². The zero-order valence-corrected chi connectivity index (χ0v) is 13.5. The smallest absolute Gasteiger partial charge is 0.317 e. The first kappa shape index (κ1) is 17.7. The monoisotopic (exact) mass is 333 g/mol. The van der Waals surface area contributed by atoms with Crippen molar-refractivity contribution in [2.45, 2.75) is 26.3 Å². The highest BCUT2D eigenvalue weighted by atomic mass is 35.5. The van der Waals surface area contributed by atoms with E-state index in [0.29, 0.717) is 5.02 Å². The van der Waals surface area contributed by atoms with Gasteiger partial charge < -0.3 is 10.4 Å². The predicted molar refractivity (Wildman–Crippen MR) is 81.8 cm³/mol. The molecule has 0 aliphatic heterocycles. The Morgan fingerprint density at radius 3 is 2.43 bits per heavy atom. The average Bonchev–Trinajstić information content (AvgIpc) is 2.30. The van der Waals surface area contributed by atoms with Crippen LogP contribution in [0.2, 0.25) is 10.0 Å². The first-order chi connectivity index (χ1) is 9.59. The minimum atomic E-state index is -1.000. The first-order valence-electron chi connectivity index (χ1n) is 6.17. The zero-order valence-electron chi connectivity index (χ0n) is 12.0. The number of aliphatic carboxylic acids is 1. The summed E-state index contributed by atoms with van der Waals surface area (Å²) in [7, 11) is 0. The number of carbonyl (C=O) groups is 2. The molecular formula is C13H17Cl2N3O3. The number of carbonyl (C=O) groups excluding carboxylic acids is 1. The Morgan fingerprint density at radius 2 is 1.95 bits per heavy atom. The van der Waals surface area contributed by atoms with E-state index in [1.807, 2.05) is 20.8 Å². The van der Waals surface area contributed by atoms with E-state index in [1.165, 1.54) is 17.2 Å². The minimum Gasteiger partial charge on any atom is -0.480 e. The summed E-state index contributed by atoms with van der Waals surface area (Å²) in [6.45, 7) is 5.17. The van der Waals surface area contributed by atoms with E-state index >= 15 is 0 Å². The second kappa shape index (κ2) is 7.06. The van der Waals surface area contributed by atoms with Crippen molar-refractivity contribution in [3.05, 3.63) is 22.3 Å². The first-order valence-corrected chi connectivity index (χ1v) is 6.93. The van der Waals surface area contributed by atoms with Gasteiger partial charge in [-0.3, -0.25) is 14.5 Å². The van der Waals surface area contributed by atoms with Crippen molar-refractivity contribution < 1.29 is 14.7 Å². The van der Waals surface area contributed by atoms with E-state index in [2.05, 4.69) is 10.3 Å². The Kier molecular flexibility index (Phi) is 5.95. The highest BCUT2D eigenvalue weighted by molar-refractivity contribution is 6.36. The average molecular weight is 334 g/mol. The molecule has 0 saturated carbocycles. The number of halogens is 2. The highest BCUT2D eigenvalue weighted by Gasteiger charge is 2.26. The molecule has 0 radical (unpaired) electrons. The van der Waals surface area contributed by atoms with Crippen molar-refractivity contribution in [1.29, 1.82) is 0 Å². The number of hydrogen-bond acceptors (Lipinski definition) is 4. The van der Waals surface area contributed by atoms with Crippen molar-refractivity contribution in [3.8, 4) is 0 Å². The fourth-order valence-corrected chi connectivity index (χ4v) is 1.97. The lowest BCUT2D eigenvalue weighted by Gasteiger charge is -2.33. The highest BCUT2D eigenvalue weighted by Crippen LogP contribution is 2.22. The molecule has 8 heteroatoms. The molecule has 0 fully saturated rings. The van der Waals surface area contributed by atoms with Crippen molar-refractivity contribution >= 4 is 40.9 Å². The lowest BCUT2D eigenvalue weighted by molar-refractivity contribution is -0.140. The van der Waals surface area contributed by atoms with Crippen molar-refractivity contribution in [2.24, 2.45) is 0 Å². The van der Waals surface area contributed by atoms with Gasteiger partial charge in [-0.2, -0.15) is 0 Å². The molecule has 0 saturated heterocycles. The van der Waals surface area contributed by atoms with Crippen molar-refractivity contribution in [1.82, 2.24) is 9.88 Å². The van der Waals surface area contributed by atoms with E-state index in [0.717, 1.165) is 0 Å². The van der Waals surface area contributed by atoms with Crippen LogP contribution in [0.1, 0.15) is 20.8 Å². The second-order valence-electron chi connectivity index (χ2n) is 5.45. The lowest BCUT2D eigenvalue weighted by atomic mass is 10.1. The van der Waals surface area contributed by atoms with E-state index < -0.39 is 17.4 Å². The number of nitrogens with one attached hydrogen (secondary N) is 1. The SMILES string of the molecule is CC(C)(C)N(CC(=O)O)CC(=O)Nc1ncc(Cl)cc1Cl. The van der Waals surface area contributed by atoms with Crippen molar-refractivity contribution in [2.75, 3.05) is 18.4 Å². The maximum Gasteiger partial charge on any atom is 0.317 e. The maximum absolute atomic E-state index is 12.0. The summed E-state index contributed by atoms with van der Waals surface area (Å²) >= 11 is 11.6. The molecule has 116 valence electrons. The Hall–Kier alpha value is -1.37. The van der Waals surface area contributed by atoms with Crippen LogP contribution in [0.4, 0.5) is 5.82 Å². The number of carboxylic acid groups (broad SMARTS) is 1. The van der Waals surface area contributed by atoms with Crippen LogP contribution < -0.4 is 5.32 Å². The summed E-state index contributed by atoms with van der Waals surface area (Å²) in [5, 5.41) is 12.0. The number of rotatable bonds is 5. The molecule has 1 aromatic rings. The molecule has 2 N–H and O–H groups in total. The third-order valence-electron chi connectivity index (χ3n) is 2.67. The van der Waals surface area contributed by atoms with Crippen LogP contribution in [0.3, 0.4) is 0 Å². The van der Waals surface area contributed by atoms with Gasteiger partial charge in [-0.25, -0.2) is 4.98 Å². The van der Waals surface area contributed by atoms with Gasteiger partial charge in [0.1, 0.15) is 0 Å². The lowest BCUT2D eigenvalue weighted by Crippen LogP contribution is -2.48. The molecule has 0 atom stereocenters. The minimum absolute atomic E-state index is 0.0869. The van der Waals surface area contributed by atoms with E-state index in [9.17, 15) is 9.59 Å². The van der Waals surface area contributed by atoms with Crippen LogP contribution in [0.15, 0.2) is 12.3 Å². The van der Waals surface area contributed by atoms with E-state index in [4.69, 9.17) is 28.3 Å². The molecule has 0 aliphatic rings. The third-order valence-corrected chi connectivity index (χ3v) is 3.17. The fraction of sp³-hybridized carbons (Fsp3) is 0.462. The number of hydrogen-bond donors (Lipinski definition) is 2. The fourth-order valence-electron chi connectivity index (χ4n) is 1.55. The van der Waals surface area contributed by atoms with Gasteiger partial charge in [0, 0.05) is 11.7 Å². The molecule has 0 unspecified atom stereocenters. The van der Waals surface area contributed by atoms with Crippen LogP contribution in [0.5, 0.6) is 0 Å². The molecule has 21 heavy (non-hydrogen) atoms. The summed E-state index contributed by atoms with van der Waals surface area (Å²) in [5.41, 5.74) is -0.465. The Bertz CT molecular complexity index is 544. The Balaban J connectivity index is 2.76. The van der Waals surface area contributed by atoms with Crippen LogP contribution in [-0.4, -0.2) is 45.5 Å². The normalized spacial score (nSPS) is 11.5. The summed E-state index contributed by atoms with van der Waals surface area (Å²) in [6.07, 6.45) is 1.36. The maximum atomic E-state index is 12.0. The van der Waals surface area contributed by atoms with Gasteiger partial charge in [0.15, 0.2) is 5.82 Å². The number of aromatic nitrogens is 1. The van der Waals surface area contributed by atoms with E-state index in [1.54, 1.807) is 0 Å². The molecule has 1 rings (SSSR count). The van der Waals surface area contributed by atoms with Crippen LogP contribution >= 0.6 is 23.2 Å². The van der Waals surface area contributed by atoms with Gasteiger partial charge in [-0.15, -0.1) is 0 Å². The molecule has 1 heterocycles. The molecule has 6 nitrogen and oxygen atoms in total. The molecule has 0 bridgehead atoms. The summed E-state index contributed by atoms with van der Waals surface area (Å²) in [4.78, 5) is 28.3. The number of pyridine rings is 1. The second-order valence-corrected chi connectivity index (χ2v) is 6.30. The molecule has 0 spiro atoms. The zero-order chi connectivity index (χ0) is 16.2. The van der Waals surface area contributed by atoms with Gasteiger partial charge in [0.2, 0.25) is 5.91 Å². The summed E-state index contributed by atoms with van der Waals surface area (Å²) in [6, 6.07) is 1.46. The van der Waals surface area contributed by atoms with Gasteiger partial charge in [-0.05, 0) is 26.8 Å². The standard InChI is InChI=1S/C13H17Cl2N3O3/c1-13(2,3)18(7-11(20)21)6-10(19)17-12-9(15)4-8(14)5-16-12/h4-5H,6-7H2,1-3H3,(H,20,21)(H,16,17,19). The molecule has 0 aliphatic carbocycles. The Labute approximate surface area is 133 Å². The predicted octanol–water partition coefficient (Wildman–Crippen LogP) is 2.51. The molecule has 1 aromatic heterocycles. The molecule has 1 amide bonds. The van der Waals surface area contributed by atoms with Gasteiger partial charge in [-0.1, -0.05) is 23.2 Å². The number of carboxylic acids is 1. The van der Waals surface area contributed by atoms with Crippen LogP contribution in [0.25, 0.3) is 0 Å². The van der Waals surface area contributed by atoms with Gasteiger partial charge in [0.25, 0.3) is 0 Å². The van der Waals surface area contributed by atoms with Crippen LogP contribution in [0, 0.1) is 0 Å². The van der Waals surface area contributed by atoms with Crippen molar-refractivity contribution in [3.63, 3.8) is 0 Å². The quantitative estimate of drug-likeness (QED) is 0.865. The number of amides is 1. The topological polar surface area (TPSA) is 82.5 Å².